The topological polar surface area (TPSA) is 92.4 Å². The molecule has 0 bridgehead atoms. The molecule has 0 amide bonds. The van der Waals surface area contributed by atoms with Crippen molar-refractivity contribution < 1.29 is 28.8 Å². The van der Waals surface area contributed by atoms with Gasteiger partial charge in [0.1, 0.15) is 0 Å². The first kappa shape index (κ1) is 20.1. The molecule has 0 rings (SSSR count). The molecule has 0 radical (unpaired) electrons. The van der Waals surface area contributed by atoms with Crippen molar-refractivity contribution >= 4 is 11.9 Å². The molecule has 0 heterocycles. The molecule has 8 heteroatoms. The average Bonchev–Trinajstić information content (AvgIpc) is 2.47. The van der Waals surface area contributed by atoms with Crippen LogP contribution in [0.5, 0.6) is 0 Å². The number of hydrogen-bond donors (Lipinski definition) is 2. The smallest absolute Gasteiger partial charge is 0.0701 e. The van der Waals surface area contributed by atoms with Crippen molar-refractivity contribution in [3.63, 3.8) is 0 Å². The monoisotopic (exact) mass is 313 g/mol. The Morgan fingerprint density at radius 3 is 1.30 bits per heavy atom. The zero-order valence-electron chi connectivity index (χ0n) is 12.0. The van der Waals surface area contributed by atoms with Gasteiger partial charge in [-0.05, 0) is 0 Å². The minimum atomic E-state index is 0.0418. The highest BCUT2D eigenvalue weighted by atomic mass is 32.2. The van der Waals surface area contributed by atoms with Crippen LogP contribution in [0.25, 0.3) is 0 Å². The van der Waals surface area contributed by atoms with Gasteiger partial charge in [0.05, 0.1) is 72.7 Å². The van der Waals surface area contributed by atoms with E-state index >= 15 is 0 Å². The number of hydrogen-bond acceptors (Lipinski definition) is 8. The van der Waals surface area contributed by atoms with Gasteiger partial charge in [-0.25, -0.2) is 0 Å². The van der Waals surface area contributed by atoms with Gasteiger partial charge < -0.3 is 28.8 Å². The molecule has 0 aliphatic rings. The molecule has 122 valence electrons. The van der Waals surface area contributed by atoms with Crippen molar-refractivity contribution in [3.8, 4) is 0 Å². The Balaban J connectivity index is 2.89. The lowest BCUT2D eigenvalue weighted by Crippen LogP contribution is -2.14. The van der Waals surface area contributed by atoms with Crippen LogP contribution in [0.15, 0.2) is 0 Å². The zero-order chi connectivity index (χ0) is 14.7. The molecule has 20 heavy (non-hydrogen) atoms. The van der Waals surface area contributed by atoms with Gasteiger partial charge in [0, 0.05) is 5.75 Å². The third-order valence-electron chi connectivity index (χ3n) is 2.07. The molecule has 0 aliphatic carbocycles. The summed E-state index contributed by atoms with van der Waals surface area (Å²) in [6.45, 7) is 5.36. The molecular weight excluding hydrogens is 286 g/mol. The SMILES string of the molecule is NSCCOCCOCCOCCOCCOCCO. The first-order valence-electron chi connectivity index (χ1n) is 6.73. The molecule has 0 fully saturated rings. The van der Waals surface area contributed by atoms with Crippen LogP contribution >= 0.6 is 11.9 Å². The van der Waals surface area contributed by atoms with E-state index in [1.165, 1.54) is 11.9 Å². The second-order valence-corrected chi connectivity index (χ2v) is 4.40. The van der Waals surface area contributed by atoms with E-state index in [4.69, 9.17) is 33.9 Å². The third kappa shape index (κ3) is 18.1. The van der Waals surface area contributed by atoms with E-state index in [1.54, 1.807) is 0 Å². The Labute approximate surface area is 125 Å². The molecule has 0 aromatic carbocycles. The van der Waals surface area contributed by atoms with Crippen LogP contribution in [0, 0.1) is 0 Å². The molecular formula is C12H27NO6S. The number of aliphatic hydroxyl groups excluding tert-OH is 1. The minimum absolute atomic E-state index is 0.0418. The first-order chi connectivity index (χ1) is 9.91. The summed E-state index contributed by atoms with van der Waals surface area (Å²) in [5, 5.41) is 13.7. The largest absolute Gasteiger partial charge is 0.394 e. The van der Waals surface area contributed by atoms with E-state index in [-0.39, 0.29) is 6.61 Å². The maximum atomic E-state index is 8.47. The van der Waals surface area contributed by atoms with Gasteiger partial charge in [-0.1, -0.05) is 11.9 Å². The number of aliphatic hydroxyl groups is 1. The molecule has 0 saturated carbocycles. The van der Waals surface area contributed by atoms with Gasteiger partial charge in [-0.2, -0.15) is 0 Å². The quantitative estimate of drug-likeness (QED) is 0.278. The van der Waals surface area contributed by atoms with E-state index in [0.717, 1.165) is 5.75 Å². The van der Waals surface area contributed by atoms with Crippen LogP contribution in [-0.2, 0) is 23.7 Å². The summed E-state index contributed by atoms with van der Waals surface area (Å²) in [7, 11) is 0. The molecule has 0 unspecified atom stereocenters. The van der Waals surface area contributed by atoms with Crippen LogP contribution in [0.4, 0.5) is 0 Å². The highest BCUT2D eigenvalue weighted by Gasteiger charge is 1.93. The summed E-state index contributed by atoms with van der Waals surface area (Å²) in [6, 6.07) is 0. The summed E-state index contributed by atoms with van der Waals surface area (Å²) in [5.74, 6) is 0.800. The predicted octanol–water partition coefficient (Wildman–Crippen LogP) is -0.331. The molecule has 3 N–H and O–H groups in total. The van der Waals surface area contributed by atoms with Gasteiger partial charge in [-0.3, -0.25) is 5.14 Å². The van der Waals surface area contributed by atoms with E-state index in [0.29, 0.717) is 66.1 Å². The lowest BCUT2D eigenvalue weighted by molar-refractivity contribution is -0.0124. The Kier molecular flexibility index (Phi) is 19.1. The van der Waals surface area contributed by atoms with Crippen molar-refractivity contribution in [2.45, 2.75) is 0 Å². The second kappa shape index (κ2) is 19.1. The van der Waals surface area contributed by atoms with Gasteiger partial charge >= 0.3 is 0 Å². The summed E-state index contributed by atoms with van der Waals surface area (Å²) in [4.78, 5) is 0. The lowest BCUT2D eigenvalue weighted by atomic mass is 10.7. The van der Waals surface area contributed by atoms with E-state index in [9.17, 15) is 0 Å². The van der Waals surface area contributed by atoms with Crippen molar-refractivity contribution in [1.82, 2.24) is 0 Å². The molecule has 0 spiro atoms. The van der Waals surface area contributed by atoms with Gasteiger partial charge in [-0.15, -0.1) is 0 Å². The number of rotatable bonds is 17. The van der Waals surface area contributed by atoms with Gasteiger partial charge in [0.2, 0.25) is 0 Å². The molecule has 7 nitrogen and oxygen atoms in total. The minimum Gasteiger partial charge on any atom is -0.394 e. The fraction of sp³-hybridized carbons (Fsp3) is 1.00. The number of ether oxygens (including phenoxy) is 5. The highest BCUT2D eigenvalue weighted by Crippen LogP contribution is 1.87. The number of nitrogens with two attached hydrogens (primary N) is 1. The highest BCUT2D eigenvalue weighted by molar-refractivity contribution is 7.97. The first-order valence-corrected chi connectivity index (χ1v) is 7.78. The molecule has 0 aromatic heterocycles. The van der Waals surface area contributed by atoms with Crippen LogP contribution in [0.2, 0.25) is 0 Å². The molecule has 0 saturated heterocycles. The van der Waals surface area contributed by atoms with Crippen LogP contribution in [0.3, 0.4) is 0 Å². The molecule has 0 aliphatic heterocycles. The second-order valence-electron chi connectivity index (χ2n) is 3.66. The predicted molar refractivity (Wildman–Crippen MR) is 77.8 cm³/mol. The summed E-state index contributed by atoms with van der Waals surface area (Å²) < 4.78 is 26.2. The Hall–Kier alpha value is 0.0700. The molecule has 0 atom stereocenters. The van der Waals surface area contributed by atoms with Gasteiger partial charge in [0.15, 0.2) is 0 Å². The fourth-order valence-corrected chi connectivity index (χ4v) is 1.37. The normalized spacial score (nSPS) is 11.1. The third-order valence-corrected chi connectivity index (χ3v) is 2.47. The Morgan fingerprint density at radius 2 is 0.950 bits per heavy atom. The van der Waals surface area contributed by atoms with Crippen molar-refractivity contribution in [3.05, 3.63) is 0 Å². The fourth-order valence-electron chi connectivity index (χ4n) is 1.15. The summed E-state index contributed by atoms with van der Waals surface area (Å²) >= 11 is 1.27. The Morgan fingerprint density at radius 1 is 0.600 bits per heavy atom. The lowest BCUT2D eigenvalue weighted by Gasteiger charge is -2.07. The van der Waals surface area contributed by atoms with Crippen LogP contribution < -0.4 is 5.14 Å². The van der Waals surface area contributed by atoms with Crippen molar-refractivity contribution in [2.24, 2.45) is 5.14 Å². The van der Waals surface area contributed by atoms with Crippen molar-refractivity contribution in [1.29, 1.82) is 0 Å². The Bertz CT molecular complexity index is 160. The van der Waals surface area contributed by atoms with Crippen LogP contribution in [0.1, 0.15) is 0 Å². The standard InChI is InChI=1S/C12H27NO6S/c13-20-12-11-19-10-9-18-8-7-17-6-5-16-4-3-15-2-1-14/h14H,1-13H2. The van der Waals surface area contributed by atoms with E-state index in [2.05, 4.69) is 0 Å². The van der Waals surface area contributed by atoms with Crippen molar-refractivity contribution in [2.75, 3.05) is 78.4 Å². The average molecular weight is 313 g/mol. The van der Waals surface area contributed by atoms with E-state index < -0.39 is 0 Å². The summed E-state index contributed by atoms with van der Waals surface area (Å²) in [6.07, 6.45) is 0. The van der Waals surface area contributed by atoms with Crippen LogP contribution in [-0.4, -0.2) is 83.5 Å². The maximum Gasteiger partial charge on any atom is 0.0701 e. The summed E-state index contributed by atoms with van der Waals surface area (Å²) in [5.41, 5.74) is 0. The zero-order valence-corrected chi connectivity index (χ0v) is 12.8. The van der Waals surface area contributed by atoms with Gasteiger partial charge in [0.25, 0.3) is 0 Å². The molecule has 0 aromatic rings. The maximum absolute atomic E-state index is 8.47. The van der Waals surface area contributed by atoms with E-state index in [1.807, 2.05) is 0 Å².